The number of hydrogen-bond donors (Lipinski definition) is 3. The van der Waals surface area contributed by atoms with Crippen LogP contribution in [0.25, 0.3) is 0 Å². The maximum absolute atomic E-state index is 11.6. The van der Waals surface area contributed by atoms with Gasteiger partial charge in [0.15, 0.2) is 5.82 Å². The number of ether oxygens (including phenoxy) is 1. The summed E-state index contributed by atoms with van der Waals surface area (Å²) in [5, 5.41) is 15.7. The summed E-state index contributed by atoms with van der Waals surface area (Å²) in [5.41, 5.74) is 5.80. The molecule has 8 nitrogen and oxygen atoms in total. The molecule has 0 atom stereocenters. The lowest BCUT2D eigenvalue weighted by atomic mass is 10.3. The van der Waals surface area contributed by atoms with Crippen LogP contribution in [0.4, 0.5) is 11.6 Å². The van der Waals surface area contributed by atoms with Crippen molar-refractivity contribution < 1.29 is 19.4 Å². The highest BCUT2D eigenvalue weighted by Crippen LogP contribution is 2.22. The van der Waals surface area contributed by atoms with E-state index in [0.29, 0.717) is 6.54 Å². The van der Waals surface area contributed by atoms with E-state index in [1.807, 2.05) is 6.92 Å². The minimum Gasteiger partial charge on any atom is -0.480 e. The number of hydrogen-bond acceptors (Lipinski definition) is 6. The van der Waals surface area contributed by atoms with Crippen molar-refractivity contribution in [3.05, 3.63) is 5.56 Å². The van der Waals surface area contributed by atoms with Gasteiger partial charge in [-0.25, -0.2) is 9.48 Å². The number of nitrogens with one attached hydrogen (secondary N) is 1. The standard InChI is InChI=1S/C11H18N4O4/c1-3-4-5-13-10-8(11(18)19-2)9(12)15(14-10)6-7(16)17/h3-6,12H2,1-2H3,(H,13,14)(H,16,17). The Bertz CT molecular complexity index is 470. The molecule has 0 aliphatic heterocycles. The molecule has 1 aromatic heterocycles. The van der Waals surface area contributed by atoms with E-state index >= 15 is 0 Å². The number of nitrogen functional groups attached to an aromatic ring is 1. The fourth-order valence-electron chi connectivity index (χ4n) is 1.53. The van der Waals surface area contributed by atoms with Gasteiger partial charge in [-0.2, -0.15) is 5.10 Å². The van der Waals surface area contributed by atoms with Crippen molar-refractivity contribution in [1.82, 2.24) is 9.78 Å². The summed E-state index contributed by atoms with van der Waals surface area (Å²) in [5.74, 6) is -1.51. The topological polar surface area (TPSA) is 119 Å². The highest BCUT2D eigenvalue weighted by atomic mass is 16.5. The number of nitrogens with two attached hydrogens (primary N) is 1. The first-order valence-corrected chi connectivity index (χ1v) is 5.91. The number of aliphatic carboxylic acids is 1. The molecule has 0 aliphatic carbocycles. The Hall–Kier alpha value is -2.25. The van der Waals surface area contributed by atoms with Gasteiger partial charge in [0.1, 0.15) is 17.9 Å². The van der Waals surface area contributed by atoms with E-state index in [2.05, 4.69) is 15.2 Å². The molecular weight excluding hydrogens is 252 g/mol. The van der Waals surface area contributed by atoms with Crippen LogP contribution in [0.3, 0.4) is 0 Å². The predicted octanol–water partition coefficient (Wildman–Crippen LogP) is 0.548. The van der Waals surface area contributed by atoms with Gasteiger partial charge >= 0.3 is 11.9 Å². The van der Waals surface area contributed by atoms with Crippen LogP contribution in [-0.2, 0) is 16.1 Å². The Balaban J connectivity index is 3.04. The van der Waals surface area contributed by atoms with Crippen molar-refractivity contribution in [2.24, 2.45) is 0 Å². The molecule has 1 rings (SSSR count). The minimum absolute atomic E-state index is 0.0201. The number of carbonyl (C=O) groups is 2. The first-order valence-electron chi connectivity index (χ1n) is 5.91. The molecule has 0 saturated carbocycles. The summed E-state index contributed by atoms with van der Waals surface area (Å²) in [6.07, 6.45) is 1.87. The van der Waals surface area contributed by atoms with Crippen molar-refractivity contribution in [2.75, 3.05) is 24.7 Å². The van der Waals surface area contributed by atoms with E-state index in [4.69, 9.17) is 10.8 Å². The lowest BCUT2D eigenvalue weighted by Crippen LogP contribution is -2.13. The SMILES string of the molecule is CCCCNc1nn(CC(=O)O)c(N)c1C(=O)OC. The second kappa shape index (κ2) is 6.62. The van der Waals surface area contributed by atoms with Crippen LogP contribution >= 0.6 is 0 Å². The van der Waals surface area contributed by atoms with Gasteiger partial charge in [-0.1, -0.05) is 13.3 Å². The van der Waals surface area contributed by atoms with Gasteiger partial charge in [-0.05, 0) is 6.42 Å². The Morgan fingerprint density at radius 2 is 2.21 bits per heavy atom. The molecule has 0 spiro atoms. The molecule has 1 aromatic rings. The molecule has 4 N–H and O–H groups in total. The van der Waals surface area contributed by atoms with Crippen molar-refractivity contribution >= 4 is 23.6 Å². The first-order chi connectivity index (χ1) is 9.01. The first kappa shape index (κ1) is 14.8. The van der Waals surface area contributed by atoms with Crippen molar-refractivity contribution in [3.63, 3.8) is 0 Å². The largest absolute Gasteiger partial charge is 0.480 e. The van der Waals surface area contributed by atoms with Crippen molar-refractivity contribution in [1.29, 1.82) is 0 Å². The van der Waals surface area contributed by atoms with E-state index < -0.39 is 18.5 Å². The average molecular weight is 270 g/mol. The zero-order valence-electron chi connectivity index (χ0n) is 11.0. The lowest BCUT2D eigenvalue weighted by molar-refractivity contribution is -0.137. The second-order valence-corrected chi connectivity index (χ2v) is 3.93. The molecule has 0 fully saturated rings. The monoisotopic (exact) mass is 270 g/mol. The smallest absolute Gasteiger partial charge is 0.345 e. The van der Waals surface area contributed by atoms with E-state index in [1.165, 1.54) is 7.11 Å². The third kappa shape index (κ3) is 3.60. The predicted molar refractivity (Wildman–Crippen MR) is 69.0 cm³/mol. The van der Waals surface area contributed by atoms with Crippen LogP contribution < -0.4 is 11.1 Å². The van der Waals surface area contributed by atoms with E-state index in [0.717, 1.165) is 17.5 Å². The van der Waals surface area contributed by atoms with Crippen LogP contribution in [0, 0.1) is 0 Å². The van der Waals surface area contributed by atoms with E-state index in [-0.39, 0.29) is 17.2 Å². The molecule has 8 heteroatoms. The van der Waals surface area contributed by atoms with Crippen LogP contribution in [0.2, 0.25) is 0 Å². The fraction of sp³-hybridized carbons (Fsp3) is 0.545. The molecule has 106 valence electrons. The number of carboxylic acid groups (broad SMARTS) is 1. The van der Waals surface area contributed by atoms with Gasteiger partial charge in [-0.3, -0.25) is 4.79 Å². The summed E-state index contributed by atoms with van der Waals surface area (Å²) in [6, 6.07) is 0. The van der Waals surface area contributed by atoms with E-state index in [9.17, 15) is 9.59 Å². The maximum Gasteiger partial charge on any atom is 0.345 e. The van der Waals surface area contributed by atoms with Gasteiger partial charge in [0.25, 0.3) is 0 Å². The number of carbonyl (C=O) groups excluding carboxylic acids is 1. The average Bonchev–Trinajstić information content (AvgIpc) is 2.65. The molecule has 0 bridgehead atoms. The van der Waals surface area contributed by atoms with Gasteiger partial charge in [-0.15, -0.1) is 0 Å². The Morgan fingerprint density at radius 3 is 2.74 bits per heavy atom. The molecule has 0 amide bonds. The Morgan fingerprint density at radius 1 is 1.53 bits per heavy atom. The maximum atomic E-state index is 11.6. The van der Waals surface area contributed by atoms with Crippen LogP contribution in [-0.4, -0.2) is 40.5 Å². The third-order valence-electron chi connectivity index (χ3n) is 2.49. The summed E-state index contributed by atoms with van der Waals surface area (Å²) in [6.45, 7) is 2.23. The third-order valence-corrected chi connectivity index (χ3v) is 2.49. The number of carboxylic acids is 1. The molecule has 0 aliphatic rings. The number of rotatable bonds is 7. The quantitative estimate of drug-likeness (QED) is 0.488. The van der Waals surface area contributed by atoms with Crippen molar-refractivity contribution in [3.8, 4) is 0 Å². The molecule has 0 saturated heterocycles. The van der Waals surface area contributed by atoms with Crippen LogP contribution in [0.15, 0.2) is 0 Å². The number of esters is 1. The van der Waals surface area contributed by atoms with Gasteiger partial charge in [0.05, 0.1) is 7.11 Å². The summed E-state index contributed by atoms with van der Waals surface area (Å²) in [7, 11) is 1.23. The fourth-order valence-corrected chi connectivity index (χ4v) is 1.53. The molecule has 1 heterocycles. The summed E-state index contributed by atoms with van der Waals surface area (Å²) >= 11 is 0. The molecule has 19 heavy (non-hydrogen) atoms. The molecule has 0 radical (unpaired) electrons. The molecule has 0 aromatic carbocycles. The Kier molecular flexibility index (Phi) is 5.16. The number of methoxy groups -OCH3 is 1. The van der Waals surface area contributed by atoms with Crippen LogP contribution in [0.5, 0.6) is 0 Å². The highest BCUT2D eigenvalue weighted by Gasteiger charge is 2.23. The van der Waals surface area contributed by atoms with Crippen molar-refractivity contribution in [2.45, 2.75) is 26.3 Å². The molecular formula is C11H18N4O4. The van der Waals surface area contributed by atoms with Crippen LogP contribution in [0.1, 0.15) is 30.1 Å². The second-order valence-electron chi connectivity index (χ2n) is 3.93. The summed E-state index contributed by atoms with van der Waals surface area (Å²) < 4.78 is 5.68. The number of unbranched alkanes of at least 4 members (excludes halogenated alkanes) is 1. The minimum atomic E-state index is -1.09. The van der Waals surface area contributed by atoms with Gasteiger partial charge in [0.2, 0.25) is 0 Å². The summed E-state index contributed by atoms with van der Waals surface area (Å²) in [4.78, 5) is 22.3. The number of aromatic nitrogens is 2. The Labute approximate surface area is 110 Å². The zero-order chi connectivity index (χ0) is 14.4. The molecule has 0 unspecified atom stereocenters. The number of anilines is 2. The lowest BCUT2D eigenvalue weighted by Gasteiger charge is -2.03. The van der Waals surface area contributed by atoms with Gasteiger partial charge in [0, 0.05) is 6.54 Å². The zero-order valence-corrected chi connectivity index (χ0v) is 11.0. The number of nitrogens with zero attached hydrogens (tertiary/aromatic N) is 2. The highest BCUT2D eigenvalue weighted by molar-refractivity contribution is 5.99. The normalized spacial score (nSPS) is 10.2. The van der Waals surface area contributed by atoms with E-state index in [1.54, 1.807) is 0 Å². The van der Waals surface area contributed by atoms with Gasteiger partial charge < -0.3 is 20.9 Å².